The van der Waals surface area contributed by atoms with Crippen LogP contribution in [0.25, 0.3) is 0 Å². The number of anilines is 1. The average molecular weight is 275 g/mol. The van der Waals surface area contributed by atoms with Crippen molar-refractivity contribution in [2.24, 2.45) is 0 Å². The average Bonchev–Trinajstić information content (AvgIpc) is 2.76. The summed E-state index contributed by atoms with van der Waals surface area (Å²) in [6.45, 7) is 1.24. The maximum atomic E-state index is 11.7. The van der Waals surface area contributed by atoms with E-state index >= 15 is 0 Å². The highest BCUT2D eigenvalue weighted by molar-refractivity contribution is 6.35. The summed E-state index contributed by atoms with van der Waals surface area (Å²) in [6, 6.07) is 4.67. The van der Waals surface area contributed by atoms with Crippen molar-refractivity contribution in [2.75, 3.05) is 18.5 Å². The number of hydrogen-bond donors (Lipinski definition) is 2. The number of hydrogen-bond acceptors (Lipinski definition) is 2. The quantitative estimate of drug-likeness (QED) is 0.871. The van der Waals surface area contributed by atoms with E-state index in [1.165, 1.54) is 0 Å². The van der Waals surface area contributed by atoms with E-state index in [1.54, 1.807) is 18.2 Å². The number of carbonyl (C=O) groups excluding carboxylic acids is 1. The van der Waals surface area contributed by atoms with Crippen LogP contribution in [-0.4, -0.2) is 25.3 Å². The Balaban J connectivity index is 1.95. The highest BCUT2D eigenvalue weighted by Crippen LogP contribution is 2.25. The molecule has 92 valence electrons. The Bertz CT molecular complexity index is 420. The monoisotopic (exact) mass is 274 g/mol. The normalized spacial score (nSPS) is 19.1. The molecule has 0 aliphatic carbocycles. The van der Waals surface area contributed by atoms with Crippen molar-refractivity contribution in [3.05, 3.63) is 28.2 Å². The number of ether oxygens (including phenoxy) is 1. The smallest absolute Gasteiger partial charge is 0.319 e. The molecule has 1 unspecified atom stereocenters. The van der Waals surface area contributed by atoms with E-state index in [0.717, 1.165) is 6.42 Å². The van der Waals surface area contributed by atoms with Gasteiger partial charge in [0.1, 0.15) is 0 Å². The van der Waals surface area contributed by atoms with Gasteiger partial charge in [-0.25, -0.2) is 4.79 Å². The fraction of sp³-hybridized carbons (Fsp3) is 0.364. The van der Waals surface area contributed by atoms with Crippen molar-refractivity contribution >= 4 is 34.9 Å². The lowest BCUT2D eigenvalue weighted by molar-refractivity contribution is 0.189. The van der Waals surface area contributed by atoms with Crippen LogP contribution in [0.15, 0.2) is 18.2 Å². The first kappa shape index (κ1) is 12.5. The zero-order valence-electron chi connectivity index (χ0n) is 9.00. The van der Waals surface area contributed by atoms with Crippen molar-refractivity contribution in [3.8, 4) is 0 Å². The minimum Gasteiger partial charge on any atom is -0.379 e. The van der Waals surface area contributed by atoms with Gasteiger partial charge in [-0.15, -0.1) is 0 Å². The van der Waals surface area contributed by atoms with Crippen LogP contribution in [0.2, 0.25) is 10.0 Å². The van der Waals surface area contributed by atoms with Crippen LogP contribution in [0.3, 0.4) is 0 Å². The van der Waals surface area contributed by atoms with Crippen LogP contribution in [0, 0.1) is 0 Å². The lowest BCUT2D eigenvalue weighted by atomic mass is 10.3. The summed E-state index contributed by atoms with van der Waals surface area (Å²) in [5, 5.41) is 6.43. The molecule has 1 aliphatic heterocycles. The lowest BCUT2D eigenvalue weighted by Gasteiger charge is -2.12. The zero-order valence-corrected chi connectivity index (χ0v) is 10.5. The van der Waals surface area contributed by atoms with Crippen LogP contribution < -0.4 is 10.6 Å². The minimum atomic E-state index is -0.301. The fourth-order valence-corrected chi connectivity index (χ4v) is 1.92. The summed E-state index contributed by atoms with van der Waals surface area (Å²) in [4.78, 5) is 11.7. The molecule has 0 aromatic heterocycles. The summed E-state index contributed by atoms with van der Waals surface area (Å²) in [7, 11) is 0. The second kappa shape index (κ2) is 5.58. The van der Waals surface area contributed by atoms with E-state index in [9.17, 15) is 4.79 Å². The number of carbonyl (C=O) groups is 1. The number of benzene rings is 1. The molecular weight excluding hydrogens is 263 g/mol. The topological polar surface area (TPSA) is 50.4 Å². The summed E-state index contributed by atoms with van der Waals surface area (Å²) < 4.78 is 5.16. The van der Waals surface area contributed by atoms with E-state index in [4.69, 9.17) is 27.9 Å². The maximum absolute atomic E-state index is 11.7. The second-order valence-corrected chi connectivity index (χ2v) is 4.63. The number of rotatable bonds is 2. The van der Waals surface area contributed by atoms with Crippen LogP contribution in [0.5, 0.6) is 0 Å². The predicted octanol–water partition coefficient (Wildman–Crippen LogP) is 2.90. The molecule has 0 radical (unpaired) electrons. The molecule has 17 heavy (non-hydrogen) atoms. The molecule has 1 atom stereocenters. The van der Waals surface area contributed by atoms with Gasteiger partial charge >= 0.3 is 6.03 Å². The molecular formula is C11H12Cl2N2O2. The number of halogens is 2. The first-order valence-corrected chi connectivity index (χ1v) is 6.01. The van der Waals surface area contributed by atoms with E-state index in [2.05, 4.69) is 10.6 Å². The fourth-order valence-electron chi connectivity index (χ4n) is 1.59. The van der Waals surface area contributed by atoms with Crippen molar-refractivity contribution in [1.29, 1.82) is 0 Å². The third kappa shape index (κ3) is 3.49. The highest BCUT2D eigenvalue weighted by atomic mass is 35.5. The number of urea groups is 1. The third-order valence-electron chi connectivity index (χ3n) is 2.44. The first-order chi connectivity index (χ1) is 8.15. The van der Waals surface area contributed by atoms with Crippen LogP contribution >= 0.6 is 23.2 Å². The molecule has 0 bridgehead atoms. The molecule has 2 N–H and O–H groups in total. The van der Waals surface area contributed by atoms with E-state index in [1.807, 2.05) is 0 Å². The molecule has 1 aromatic carbocycles. The Morgan fingerprint density at radius 3 is 2.94 bits per heavy atom. The summed E-state index contributed by atoms with van der Waals surface area (Å²) >= 11 is 11.8. The van der Waals surface area contributed by atoms with Gasteiger partial charge in [-0.2, -0.15) is 0 Å². The van der Waals surface area contributed by atoms with Crippen molar-refractivity contribution in [2.45, 2.75) is 12.5 Å². The molecule has 0 spiro atoms. The van der Waals surface area contributed by atoms with Gasteiger partial charge in [-0.1, -0.05) is 23.2 Å². The highest BCUT2D eigenvalue weighted by Gasteiger charge is 2.18. The van der Waals surface area contributed by atoms with Crippen LogP contribution in [-0.2, 0) is 4.74 Å². The summed E-state index contributed by atoms with van der Waals surface area (Å²) in [5.41, 5.74) is 0.496. The summed E-state index contributed by atoms with van der Waals surface area (Å²) in [5.74, 6) is 0. The van der Waals surface area contributed by atoms with Gasteiger partial charge in [0.2, 0.25) is 0 Å². The Morgan fingerprint density at radius 1 is 1.41 bits per heavy atom. The summed E-state index contributed by atoms with van der Waals surface area (Å²) in [6.07, 6.45) is 0.830. The zero-order chi connectivity index (χ0) is 12.3. The maximum Gasteiger partial charge on any atom is 0.319 e. The van der Waals surface area contributed by atoms with E-state index in [-0.39, 0.29) is 12.1 Å². The van der Waals surface area contributed by atoms with Crippen molar-refractivity contribution in [1.82, 2.24) is 5.32 Å². The SMILES string of the molecule is O=C(Nc1cc(Cl)ccc1Cl)NC1CCOC1. The van der Waals surface area contributed by atoms with Gasteiger partial charge in [0.15, 0.2) is 0 Å². The lowest BCUT2D eigenvalue weighted by Crippen LogP contribution is -2.38. The van der Waals surface area contributed by atoms with Crippen molar-refractivity contribution < 1.29 is 9.53 Å². The molecule has 1 saturated heterocycles. The standard InChI is InChI=1S/C11H12Cl2N2O2/c12-7-1-2-9(13)10(5-7)15-11(16)14-8-3-4-17-6-8/h1-2,5,8H,3-4,6H2,(H2,14,15,16). The van der Waals surface area contributed by atoms with Crippen LogP contribution in [0.4, 0.5) is 10.5 Å². The van der Waals surface area contributed by atoms with Crippen LogP contribution in [0.1, 0.15) is 6.42 Å². The van der Waals surface area contributed by atoms with E-state index < -0.39 is 0 Å². The van der Waals surface area contributed by atoms with Gasteiger partial charge in [0.05, 0.1) is 23.4 Å². The number of amides is 2. The second-order valence-electron chi connectivity index (χ2n) is 3.78. The molecule has 1 aromatic rings. The van der Waals surface area contributed by atoms with E-state index in [0.29, 0.717) is 28.9 Å². The Labute approximate surface area is 109 Å². The molecule has 0 saturated carbocycles. The molecule has 1 fully saturated rings. The van der Waals surface area contributed by atoms with Gasteiger partial charge in [0, 0.05) is 11.6 Å². The largest absolute Gasteiger partial charge is 0.379 e. The minimum absolute atomic E-state index is 0.0629. The first-order valence-electron chi connectivity index (χ1n) is 5.25. The number of nitrogens with one attached hydrogen (secondary N) is 2. The Kier molecular flexibility index (Phi) is 4.10. The predicted molar refractivity (Wildman–Crippen MR) is 67.8 cm³/mol. The Morgan fingerprint density at radius 2 is 2.24 bits per heavy atom. The third-order valence-corrected chi connectivity index (χ3v) is 3.01. The van der Waals surface area contributed by atoms with Gasteiger partial charge in [-0.3, -0.25) is 0 Å². The van der Waals surface area contributed by atoms with Gasteiger partial charge in [-0.05, 0) is 24.6 Å². The molecule has 4 nitrogen and oxygen atoms in total. The molecule has 1 aliphatic rings. The molecule has 2 amide bonds. The molecule has 2 rings (SSSR count). The molecule has 6 heteroatoms. The Hall–Kier alpha value is -0.970. The molecule has 1 heterocycles. The van der Waals surface area contributed by atoms with Crippen molar-refractivity contribution in [3.63, 3.8) is 0 Å². The van der Waals surface area contributed by atoms with Gasteiger partial charge < -0.3 is 15.4 Å². The van der Waals surface area contributed by atoms with Gasteiger partial charge in [0.25, 0.3) is 0 Å².